The van der Waals surface area contributed by atoms with Crippen molar-refractivity contribution >= 4 is 5.97 Å². The first-order valence-electron chi connectivity index (χ1n) is 3.97. The Balaban J connectivity index is 3.49. The van der Waals surface area contributed by atoms with Crippen LogP contribution in [-0.2, 0) is 9.63 Å². The number of hydrogen-bond acceptors (Lipinski definition) is 4. The molecule has 0 aromatic rings. The van der Waals surface area contributed by atoms with E-state index in [0.717, 1.165) is 0 Å². The van der Waals surface area contributed by atoms with Crippen molar-refractivity contribution in [3.63, 3.8) is 0 Å². The fourth-order valence-corrected chi connectivity index (χ4v) is 0.518. The molecule has 0 amide bonds. The molecule has 0 fully saturated rings. The van der Waals surface area contributed by atoms with Gasteiger partial charge in [-0.1, -0.05) is 0 Å². The first kappa shape index (κ1) is 13.2. The third-order valence-electron chi connectivity index (χ3n) is 1.35. The van der Waals surface area contributed by atoms with E-state index in [4.69, 9.17) is 5.11 Å². The molecule has 0 aliphatic carbocycles. The van der Waals surface area contributed by atoms with Crippen molar-refractivity contribution in [3.8, 4) is 0 Å². The van der Waals surface area contributed by atoms with Crippen LogP contribution in [0.5, 0.6) is 0 Å². The highest BCUT2D eigenvalue weighted by atomic mass is 19.3. The Labute approximate surface area is 80.6 Å². The Morgan fingerprint density at radius 1 is 1.57 bits per heavy atom. The summed E-state index contributed by atoms with van der Waals surface area (Å²) >= 11 is 0. The average molecular weight is 212 g/mol. The number of nitrogens with zero attached hydrogens (tertiary/aromatic N) is 1. The summed E-state index contributed by atoms with van der Waals surface area (Å²) in [5.41, 5.74) is 1.90. The van der Waals surface area contributed by atoms with Crippen LogP contribution < -0.4 is 5.48 Å². The summed E-state index contributed by atoms with van der Waals surface area (Å²) < 4.78 is 24.8. The minimum absolute atomic E-state index is 0.211. The van der Waals surface area contributed by atoms with E-state index in [1.165, 1.54) is 0 Å². The van der Waals surface area contributed by atoms with E-state index in [0.29, 0.717) is 6.54 Å². The Morgan fingerprint density at radius 3 is 2.57 bits per heavy atom. The molecule has 0 atom stereocenters. The molecule has 0 rings (SSSR count). The number of aliphatic carboxylic acids is 1. The Kier molecular flexibility index (Phi) is 5.51. The highest BCUT2D eigenvalue weighted by Gasteiger charge is 2.38. The zero-order valence-corrected chi connectivity index (χ0v) is 8.09. The van der Waals surface area contributed by atoms with Crippen LogP contribution in [0.3, 0.4) is 0 Å². The first-order valence-corrected chi connectivity index (χ1v) is 3.97. The Hall–Kier alpha value is -0.790. The minimum Gasteiger partial charge on any atom is -0.477 e. The maximum absolute atomic E-state index is 12.4. The lowest BCUT2D eigenvalue weighted by Crippen LogP contribution is -2.40. The molecule has 84 valence electrons. The molecule has 0 saturated carbocycles. The molecule has 0 unspecified atom stereocenters. The van der Waals surface area contributed by atoms with Gasteiger partial charge in [0.05, 0.1) is 13.2 Å². The number of hydrogen-bond donors (Lipinski definition) is 2. The molecule has 0 aliphatic heterocycles. The van der Waals surface area contributed by atoms with Crippen molar-refractivity contribution in [3.05, 3.63) is 0 Å². The van der Waals surface area contributed by atoms with E-state index in [1.807, 2.05) is 5.48 Å². The van der Waals surface area contributed by atoms with Gasteiger partial charge in [-0.2, -0.15) is 14.3 Å². The number of hydroxylamine groups is 1. The molecule has 0 saturated heterocycles. The van der Waals surface area contributed by atoms with Crippen LogP contribution in [0.4, 0.5) is 8.78 Å². The largest absolute Gasteiger partial charge is 0.477 e. The molecule has 7 heteroatoms. The second kappa shape index (κ2) is 5.84. The summed E-state index contributed by atoms with van der Waals surface area (Å²) in [6, 6.07) is 0. The summed E-state index contributed by atoms with van der Waals surface area (Å²) in [4.78, 5) is 16.3. The zero-order valence-electron chi connectivity index (χ0n) is 8.09. The van der Waals surface area contributed by atoms with Crippen molar-refractivity contribution in [2.24, 2.45) is 0 Å². The normalized spacial score (nSPS) is 12.1. The highest BCUT2D eigenvalue weighted by Crippen LogP contribution is 2.11. The maximum atomic E-state index is 12.4. The Morgan fingerprint density at radius 2 is 2.14 bits per heavy atom. The fourth-order valence-electron chi connectivity index (χ4n) is 0.518. The lowest BCUT2D eigenvalue weighted by molar-refractivity contribution is -0.167. The number of likely N-dealkylation sites (N-methyl/N-ethyl adjacent to an activating group) is 1. The van der Waals surface area contributed by atoms with Crippen LogP contribution in [0.2, 0.25) is 0 Å². The molecule has 5 nitrogen and oxygen atoms in total. The van der Waals surface area contributed by atoms with Gasteiger partial charge in [-0.15, -0.1) is 0 Å². The van der Waals surface area contributed by atoms with Gasteiger partial charge in [-0.05, 0) is 14.1 Å². The number of halogens is 2. The van der Waals surface area contributed by atoms with E-state index < -0.39 is 18.4 Å². The SMILES string of the molecule is CN(C)CCONCC(F)(F)C(=O)O. The molecule has 14 heavy (non-hydrogen) atoms. The number of carbonyl (C=O) groups is 1. The highest BCUT2D eigenvalue weighted by molar-refractivity contribution is 5.75. The summed E-state index contributed by atoms with van der Waals surface area (Å²) in [5.74, 6) is -5.96. The number of carboxylic acids is 1. The number of nitrogens with one attached hydrogen (secondary N) is 1. The molecule has 0 aromatic heterocycles. The van der Waals surface area contributed by atoms with Crippen LogP contribution in [0.25, 0.3) is 0 Å². The topological polar surface area (TPSA) is 61.8 Å². The van der Waals surface area contributed by atoms with Crippen LogP contribution in [0.15, 0.2) is 0 Å². The molecule has 0 heterocycles. The lowest BCUT2D eigenvalue weighted by Gasteiger charge is -2.13. The van der Waals surface area contributed by atoms with E-state index in [2.05, 4.69) is 4.84 Å². The summed E-state index contributed by atoms with van der Waals surface area (Å²) in [6.45, 7) is -0.260. The fraction of sp³-hybridized carbons (Fsp3) is 0.857. The van der Waals surface area contributed by atoms with Gasteiger partial charge in [0.25, 0.3) is 0 Å². The number of rotatable bonds is 7. The molecule has 0 aromatic carbocycles. The van der Waals surface area contributed by atoms with E-state index in [9.17, 15) is 13.6 Å². The predicted molar refractivity (Wildman–Crippen MR) is 45.1 cm³/mol. The van der Waals surface area contributed by atoms with Gasteiger partial charge in [0.1, 0.15) is 0 Å². The van der Waals surface area contributed by atoms with Crippen molar-refractivity contribution in [2.45, 2.75) is 5.92 Å². The third kappa shape index (κ3) is 5.79. The maximum Gasteiger partial charge on any atom is 0.376 e. The molecule has 2 N–H and O–H groups in total. The van der Waals surface area contributed by atoms with Crippen LogP contribution in [-0.4, -0.2) is 55.7 Å². The third-order valence-corrected chi connectivity index (χ3v) is 1.35. The lowest BCUT2D eigenvalue weighted by atomic mass is 10.3. The van der Waals surface area contributed by atoms with E-state index >= 15 is 0 Å². The quantitative estimate of drug-likeness (QED) is 0.451. The van der Waals surface area contributed by atoms with Crippen molar-refractivity contribution in [1.29, 1.82) is 0 Å². The molecule has 0 spiro atoms. The molecular weight excluding hydrogens is 198 g/mol. The second-order valence-electron chi connectivity index (χ2n) is 2.98. The van der Waals surface area contributed by atoms with Gasteiger partial charge in [0, 0.05) is 6.54 Å². The molecule has 0 aliphatic rings. The predicted octanol–water partition coefficient (Wildman–Crippen LogP) is -0.211. The molecular formula is C7H14F2N2O3. The van der Waals surface area contributed by atoms with Crippen molar-refractivity contribution in [1.82, 2.24) is 10.4 Å². The summed E-state index contributed by atoms with van der Waals surface area (Å²) in [5, 5.41) is 8.03. The van der Waals surface area contributed by atoms with Crippen molar-refractivity contribution in [2.75, 3.05) is 33.8 Å². The standard InChI is InChI=1S/C7H14F2N2O3/c1-11(2)3-4-14-10-5-7(8,9)6(12)13/h10H,3-5H2,1-2H3,(H,12,13). The van der Waals surface area contributed by atoms with Gasteiger partial charge in [-0.3, -0.25) is 0 Å². The van der Waals surface area contributed by atoms with Gasteiger partial charge < -0.3 is 14.8 Å². The summed E-state index contributed by atoms with van der Waals surface area (Å²) in [7, 11) is 3.60. The van der Waals surface area contributed by atoms with Crippen LogP contribution in [0.1, 0.15) is 0 Å². The smallest absolute Gasteiger partial charge is 0.376 e. The van der Waals surface area contributed by atoms with Crippen molar-refractivity contribution < 1.29 is 23.5 Å². The number of carboxylic acid groups (broad SMARTS) is 1. The van der Waals surface area contributed by atoms with Crippen LogP contribution in [0, 0.1) is 0 Å². The summed E-state index contributed by atoms with van der Waals surface area (Å²) in [6.07, 6.45) is 0. The first-order chi connectivity index (χ1) is 6.36. The van der Waals surface area contributed by atoms with Gasteiger partial charge >= 0.3 is 11.9 Å². The monoisotopic (exact) mass is 212 g/mol. The van der Waals surface area contributed by atoms with Gasteiger partial charge in [0.2, 0.25) is 0 Å². The number of alkyl halides is 2. The van der Waals surface area contributed by atoms with E-state index in [-0.39, 0.29) is 6.61 Å². The zero-order chi connectivity index (χ0) is 11.2. The van der Waals surface area contributed by atoms with E-state index in [1.54, 1.807) is 19.0 Å². The molecule has 0 radical (unpaired) electrons. The van der Waals surface area contributed by atoms with Gasteiger partial charge in [-0.25, -0.2) is 4.79 Å². The van der Waals surface area contributed by atoms with Gasteiger partial charge in [0.15, 0.2) is 0 Å². The second-order valence-corrected chi connectivity index (χ2v) is 2.98. The molecule has 0 bridgehead atoms. The minimum atomic E-state index is -3.79. The Bertz CT molecular complexity index is 188. The average Bonchev–Trinajstić information content (AvgIpc) is 2.02. The van der Waals surface area contributed by atoms with Crippen LogP contribution >= 0.6 is 0 Å².